The topological polar surface area (TPSA) is 41.1 Å². The molecule has 0 radical (unpaired) electrons. The zero-order chi connectivity index (χ0) is 10.7. The maximum atomic E-state index is 11.7. The summed E-state index contributed by atoms with van der Waals surface area (Å²) in [5, 5.41) is 6.11. The molecule has 3 nitrogen and oxygen atoms in total. The van der Waals surface area contributed by atoms with Gasteiger partial charge in [0.05, 0.1) is 5.56 Å². The van der Waals surface area contributed by atoms with Crippen LogP contribution in [-0.2, 0) is 6.42 Å². The third kappa shape index (κ3) is 2.12. The maximum absolute atomic E-state index is 11.7. The fourth-order valence-electron chi connectivity index (χ4n) is 1.85. The lowest BCUT2D eigenvalue weighted by Gasteiger charge is -2.07. The van der Waals surface area contributed by atoms with Gasteiger partial charge in [-0.2, -0.15) is 0 Å². The SMILES string of the molecule is CCCc1ccc2c(c1)C(=O)NCCN2. The van der Waals surface area contributed by atoms with Crippen molar-refractivity contribution in [2.45, 2.75) is 19.8 Å². The lowest BCUT2D eigenvalue weighted by Crippen LogP contribution is -2.24. The highest BCUT2D eigenvalue weighted by Gasteiger charge is 2.14. The Balaban J connectivity index is 2.35. The Kier molecular flexibility index (Phi) is 2.90. The standard InChI is InChI=1S/C12H16N2O/c1-2-3-9-4-5-11-10(8-9)12(15)14-7-6-13-11/h4-5,8,13H,2-3,6-7H2,1H3,(H,14,15). The summed E-state index contributed by atoms with van der Waals surface area (Å²) in [6.45, 7) is 3.63. The molecule has 0 fully saturated rings. The maximum Gasteiger partial charge on any atom is 0.253 e. The number of anilines is 1. The van der Waals surface area contributed by atoms with Crippen LogP contribution in [0.4, 0.5) is 5.69 Å². The monoisotopic (exact) mass is 204 g/mol. The van der Waals surface area contributed by atoms with Gasteiger partial charge >= 0.3 is 0 Å². The highest BCUT2D eigenvalue weighted by molar-refractivity contribution is 6.00. The zero-order valence-corrected chi connectivity index (χ0v) is 8.97. The second kappa shape index (κ2) is 4.34. The average Bonchev–Trinajstić information content (AvgIpc) is 2.42. The molecule has 0 saturated heterocycles. The number of amides is 1. The molecule has 1 heterocycles. The molecule has 1 aromatic rings. The lowest BCUT2D eigenvalue weighted by atomic mass is 10.0. The molecule has 1 aliphatic heterocycles. The number of hydrogen-bond donors (Lipinski definition) is 2. The molecule has 0 aliphatic carbocycles. The first-order chi connectivity index (χ1) is 7.31. The van der Waals surface area contributed by atoms with Crippen LogP contribution in [0.2, 0.25) is 0 Å². The minimum absolute atomic E-state index is 0.0351. The number of carbonyl (C=O) groups is 1. The third-order valence-corrected chi connectivity index (χ3v) is 2.59. The molecule has 1 aliphatic rings. The first kappa shape index (κ1) is 10.0. The van der Waals surface area contributed by atoms with Crippen molar-refractivity contribution in [3.63, 3.8) is 0 Å². The molecule has 15 heavy (non-hydrogen) atoms. The minimum Gasteiger partial charge on any atom is -0.383 e. The van der Waals surface area contributed by atoms with Gasteiger partial charge in [0.2, 0.25) is 0 Å². The van der Waals surface area contributed by atoms with E-state index in [1.807, 2.05) is 12.1 Å². The van der Waals surface area contributed by atoms with Gasteiger partial charge in [-0.05, 0) is 24.1 Å². The van der Waals surface area contributed by atoms with Gasteiger partial charge in [-0.15, -0.1) is 0 Å². The molecular weight excluding hydrogens is 188 g/mol. The largest absolute Gasteiger partial charge is 0.383 e. The quantitative estimate of drug-likeness (QED) is 0.771. The zero-order valence-electron chi connectivity index (χ0n) is 8.97. The van der Waals surface area contributed by atoms with Crippen molar-refractivity contribution in [2.75, 3.05) is 18.4 Å². The summed E-state index contributed by atoms with van der Waals surface area (Å²) in [6, 6.07) is 6.09. The van der Waals surface area contributed by atoms with Gasteiger partial charge in [0.1, 0.15) is 0 Å². The molecule has 1 amide bonds. The molecule has 0 spiro atoms. The van der Waals surface area contributed by atoms with E-state index in [4.69, 9.17) is 0 Å². The van der Waals surface area contributed by atoms with Crippen LogP contribution in [-0.4, -0.2) is 19.0 Å². The molecule has 80 valence electrons. The predicted octanol–water partition coefficient (Wildman–Crippen LogP) is 1.79. The van der Waals surface area contributed by atoms with Crippen LogP contribution in [0.1, 0.15) is 29.3 Å². The summed E-state index contributed by atoms with van der Waals surface area (Å²) in [5.41, 5.74) is 2.96. The highest BCUT2D eigenvalue weighted by Crippen LogP contribution is 2.19. The minimum atomic E-state index is 0.0351. The van der Waals surface area contributed by atoms with Crippen molar-refractivity contribution in [1.82, 2.24) is 5.32 Å². The molecule has 2 rings (SSSR count). The Morgan fingerprint density at radius 2 is 2.07 bits per heavy atom. The van der Waals surface area contributed by atoms with Gasteiger partial charge in [-0.3, -0.25) is 4.79 Å². The molecular formula is C12H16N2O. The molecule has 0 atom stereocenters. The van der Waals surface area contributed by atoms with Crippen molar-refractivity contribution in [2.24, 2.45) is 0 Å². The second-order valence-corrected chi connectivity index (χ2v) is 3.81. The van der Waals surface area contributed by atoms with Crippen molar-refractivity contribution in [3.05, 3.63) is 29.3 Å². The normalized spacial score (nSPS) is 14.9. The van der Waals surface area contributed by atoms with E-state index in [1.54, 1.807) is 0 Å². The summed E-state index contributed by atoms with van der Waals surface area (Å²) < 4.78 is 0. The number of hydrogen-bond acceptors (Lipinski definition) is 2. The van der Waals surface area contributed by atoms with Crippen LogP contribution in [0, 0.1) is 0 Å². The van der Waals surface area contributed by atoms with Crippen molar-refractivity contribution >= 4 is 11.6 Å². The van der Waals surface area contributed by atoms with E-state index in [-0.39, 0.29) is 5.91 Å². The Hall–Kier alpha value is -1.51. The first-order valence-electron chi connectivity index (χ1n) is 5.46. The van der Waals surface area contributed by atoms with E-state index >= 15 is 0 Å². The molecule has 1 aromatic carbocycles. The summed E-state index contributed by atoms with van der Waals surface area (Å²) in [6.07, 6.45) is 2.13. The number of carbonyl (C=O) groups excluding carboxylic acids is 1. The predicted molar refractivity (Wildman–Crippen MR) is 61.3 cm³/mol. The second-order valence-electron chi connectivity index (χ2n) is 3.81. The number of aryl methyl sites for hydroxylation is 1. The van der Waals surface area contributed by atoms with Gasteiger partial charge in [-0.1, -0.05) is 19.4 Å². The van der Waals surface area contributed by atoms with E-state index in [2.05, 4.69) is 23.6 Å². The van der Waals surface area contributed by atoms with Crippen LogP contribution in [0.25, 0.3) is 0 Å². The first-order valence-corrected chi connectivity index (χ1v) is 5.46. The van der Waals surface area contributed by atoms with Crippen LogP contribution >= 0.6 is 0 Å². The van der Waals surface area contributed by atoms with Gasteiger partial charge in [0.15, 0.2) is 0 Å². The van der Waals surface area contributed by atoms with Crippen molar-refractivity contribution in [1.29, 1.82) is 0 Å². The van der Waals surface area contributed by atoms with E-state index in [0.29, 0.717) is 6.54 Å². The van der Waals surface area contributed by atoms with E-state index in [1.165, 1.54) is 5.56 Å². The van der Waals surface area contributed by atoms with Crippen LogP contribution in [0.3, 0.4) is 0 Å². The Morgan fingerprint density at radius 3 is 2.87 bits per heavy atom. The molecule has 0 bridgehead atoms. The molecule has 0 saturated carbocycles. The Morgan fingerprint density at radius 1 is 1.27 bits per heavy atom. The van der Waals surface area contributed by atoms with Gasteiger partial charge in [0.25, 0.3) is 5.91 Å². The van der Waals surface area contributed by atoms with Crippen LogP contribution in [0.15, 0.2) is 18.2 Å². The van der Waals surface area contributed by atoms with Gasteiger partial charge in [-0.25, -0.2) is 0 Å². The molecule has 0 unspecified atom stereocenters. The average molecular weight is 204 g/mol. The number of nitrogens with one attached hydrogen (secondary N) is 2. The Labute approximate surface area is 89.9 Å². The van der Waals surface area contributed by atoms with Crippen LogP contribution in [0.5, 0.6) is 0 Å². The summed E-state index contributed by atoms with van der Waals surface area (Å²) in [7, 11) is 0. The Bertz CT molecular complexity index is 374. The number of benzene rings is 1. The third-order valence-electron chi connectivity index (χ3n) is 2.59. The summed E-state index contributed by atoms with van der Waals surface area (Å²) in [5.74, 6) is 0.0351. The fraction of sp³-hybridized carbons (Fsp3) is 0.417. The van der Waals surface area contributed by atoms with Crippen molar-refractivity contribution < 1.29 is 4.79 Å². The summed E-state index contributed by atoms with van der Waals surface area (Å²) in [4.78, 5) is 11.7. The van der Waals surface area contributed by atoms with Gasteiger partial charge in [0, 0.05) is 18.8 Å². The van der Waals surface area contributed by atoms with E-state index < -0.39 is 0 Å². The molecule has 0 aromatic heterocycles. The number of rotatable bonds is 2. The molecule has 3 heteroatoms. The van der Waals surface area contributed by atoms with Crippen LogP contribution < -0.4 is 10.6 Å². The smallest absolute Gasteiger partial charge is 0.253 e. The number of fused-ring (bicyclic) bond motifs is 1. The fourth-order valence-corrected chi connectivity index (χ4v) is 1.85. The van der Waals surface area contributed by atoms with E-state index in [0.717, 1.165) is 30.6 Å². The highest BCUT2D eigenvalue weighted by atomic mass is 16.1. The van der Waals surface area contributed by atoms with E-state index in [9.17, 15) is 4.79 Å². The van der Waals surface area contributed by atoms with Crippen molar-refractivity contribution in [3.8, 4) is 0 Å². The lowest BCUT2D eigenvalue weighted by molar-refractivity contribution is 0.0958. The molecule has 2 N–H and O–H groups in total. The van der Waals surface area contributed by atoms with Gasteiger partial charge < -0.3 is 10.6 Å². The summed E-state index contributed by atoms with van der Waals surface area (Å²) >= 11 is 0.